The van der Waals surface area contributed by atoms with Crippen molar-refractivity contribution in [3.63, 3.8) is 0 Å². The van der Waals surface area contributed by atoms with Crippen LogP contribution >= 0.6 is 24.0 Å². The van der Waals surface area contributed by atoms with Crippen molar-refractivity contribution in [2.75, 3.05) is 24.5 Å². The molecule has 0 aliphatic carbocycles. The first-order valence-electron chi connectivity index (χ1n) is 11.9. The minimum atomic E-state index is -0.00603. The van der Waals surface area contributed by atoms with Crippen molar-refractivity contribution in [1.82, 2.24) is 9.88 Å². The Morgan fingerprint density at radius 3 is 2.65 bits per heavy atom. The van der Waals surface area contributed by atoms with E-state index in [9.17, 15) is 4.79 Å². The first-order valence-corrected chi connectivity index (χ1v) is 13.2. The fourth-order valence-corrected chi connectivity index (χ4v) is 5.95. The average molecular weight is 488 g/mol. The van der Waals surface area contributed by atoms with Crippen molar-refractivity contribution < 1.29 is 4.79 Å². The molecule has 5 rings (SSSR count). The fraction of sp³-hybridized carbons (Fsp3) is 0.321. The molecular formula is C28H29N3OS2. The molecule has 174 valence electrons. The summed E-state index contributed by atoms with van der Waals surface area (Å²) >= 11 is 6.99. The van der Waals surface area contributed by atoms with Gasteiger partial charge in [0, 0.05) is 30.6 Å². The number of amides is 1. The van der Waals surface area contributed by atoms with E-state index in [-0.39, 0.29) is 5.91 Å². The molecule has 0 spiro atoms. The lowest BCUT2D eigenvalue weighted by molar-refractivity contribution is -0.122. The molecule has 0 radical (unpaired) electrons. The Labute approximate surface area is 211 Å². The molecule has 0 bridgehead atoms. The number of para-hydroxylation sites is 1. The molecule has 0 saturated carbocycles. The van der Waals surface area contributed by atoms with Gasteiger partial charge in [0.1, 0.15) is 10.1 Å². The van der Waals surface area contributed by atoms with Gasteiger partial charge in [0.2, 0.25) is 0 Å². The molecule has 1 aromatic heterocycles. The molecule has 2 aliphatic rings. The van der Waals surface area contributed by atoms with Crippen molar-refractivity contribution in [1.29, 1.82) is 0 Å². The van der Waals surface area contributed by atoms with E-state index in [0.717, 1.165) is 60.6 Å². The van der Waals surface area contributed by atoms with Crippen LogP contribution in [-0.2, 0) is 11.2 Å². The smallest absolute Gasteiger partial charge is 0.266 e. The molecule has 2 aromatic carbocycles. The monoisotopic (exact) mass is 487 g/mol. The maximum absolute atomic E-state index is 13.3. The number of pyridine rings is 1. The minimum absolute atomic E-state index is 0.00603. The second-order valence-corrected chi connectivity index (χ2v) is 11.0. The molecule has 0 N–H and O–H groups in total. The number of nitrogens with zero attached hydrogens (tertiary/aromatic N) is 3. The van der Waals surface area contributed by atoms with Gasteiger partial charge in [-0.2, -0.15) is 0 Å². The van der Waals surface area contributed by atoms with E-state index >= 15 is 0 Å². The van der Waals surface area contributed by atoms with E-state index < -0.39 is 0 Å². The number of carbonyl (C=O) groups is 1. The Bertz CT molecular complexity index is 1260. The molecule has 2 saturated heterocycles. The van der Waals surface area contributed by atoms with Crippen LogP contribution in [0.2, 0.25) is 0 Å². The molecule has 0 unspecified atom stereocenters. The topological polar surface area (TPSA) is 36.4 Å². The van der Waals surface area contributed by atoms with Gasteiger partial charge in [-0.3, -0.25) is 9.69 Å². The summed E-state index contributed by atoms with van der Waals surface area (Å²) in [5.41, 5.74) is 4.40. The zero-order chi connectivity index (χ0) is 23.7. The summed E-state index contributed by atoms with van der Waals surface area (Å²) in [4.78, 5) is 23.2. The van der Waals surface area contributed by atoms with Gasteiger partial charge in [0.15, 0.2) is 0 Å². The van der Waals surface area contributed by atoms with Gasteiger partial charge < -0.3 is 4.90 Å². The Kier molecular flexibility index (Phi) is 6.70. The number of anilines is 1. The number of hydrogen-bond acceptors (Lipinski definition) is 5. The third-order valence-electron chi connectivity index (χ3n) is 6.77. The van der Waals surface area contributed by atoms with Gasteiger partial charge >= 0.3 is 0 Å². The molecule has 3 aromatic rings. The van der Waals surface area contributed by atoms with E-state index in [0.29, 0.717) is 15.8 Å². The Morgan fingerprint density at radius 2 is 1.88 bits per heavy atom. The Morgan fingerprint density at radius 1 is 1.12 bits per heavy atom. The number of rotatable bonds is 5. The van der Waals surface area contributed by atoms with E-state index in [1.54, 1.807) is 4.90 Å². The van der Waals surface area contributed by atoms with Gasteiger partial charge in [0.05, 0.1) is 10.4 Å². The molecule has 2 fully saturated rings. The molecule has 2 aliphatic heterocycles. The molecular weight excluding hydrogens is 458 g/mol. The quantitative estimate of drug-likeness (QED) is 0.315. The summed E-state index contributed by atoms with van der Waals surface area (Å²) in [7, 11) is 0. The number of fused-ring (bicyclic) bond motifs is 1. The highest BCUT2D eigenvalue weighted by atomic mass is 32.2. The number of benzene rings is 2. The van der Waals surface area contributed by atoms with Gasteiger partial charge in [0.25, 0.3) is 5.91 Å². The molecule has 3 heterocycles. The lowest BCUT2D eigenvalue weighted by Gasteiger charge is -2.32. The van der Waals surface area contributed by atoms with Crippen molar-refractivity contribution in [3.05, 3.63) is 76.2 Å². The number of thioether (sulfide) groups is 1. The van der Waals surface area contributed by atoms with Crippen LogP contribution in [0.4, 0.5) is 5.82 Å². The van der Waals surface area contributed by atoms with Crippen LogP contribution in [-0.4, -0.2) is 39.7 Å². The Hall–Kier alpha value is -2.70. The third kappa shape index (κ3) is 4.75. The summed E-state index contributed by atoms with van der Waals surface area (Å²) in [6.07, 6.45) is 5.11. The largest absolute Gasteiger partial charge is 0.356 e. The minimum Gasteiger partial charge on any atom is -0.356 e. The van der Waals surface area contributed by atoms with Crippen molar-refractivity contribution >= 4 is 57.0 Å². The number of thiocarbonyl (C=S) groups is 1. The number of aryl methyl sites for hydroxylation is 1. The van der Waals surface area contributed by atoms with Crippen molar-refractivity contribution in [3.8, 4) is 0 Å². The van der Waals surface area contributed by atoms with Crippen molar-refractivity contribution in [2.24, 2.45) is 5.92 Å². The number of aromatic nitrogens is 1. The van der Waals surface area contributed by atoms with E-state index in [1.807, 2.05) is 24.3 Å². The molecule has 4 nitrogen and oxygen atoms in total. The lowest BCUT2D eigenvalue weighted by Crippen LogP contribution is -2.34. The van der Waals surface area contributed by atoms with Gasteiger partial charge in [-0.15, -0.1) is 0 Å². The highest BCUT2D eigenvalue weighted by molar-refractivity contribution is 8.26. The van der Waals surface area contributed by atoms with Crippen LogP contribution in [0.5, 0.6) is 0 Å². The summed E-state index contributed by atoms with van der Waals surface area (Å²) in [6, 6.07) is 18.7. The van der Waals surface area contributed by atoms with Crippen LogP contribution in [0, 0.1) is 12.8 Å². The molecule has 1 amide bonds. The summed E-state index contributed by atoms with van der Waals surface area (Å²) in [6.45, 7) is 7.00. The zero-order valence-electron chi connectivity index (χ0n) is 19.7. The first kappa shape index (κ1) is 23.1. The maximum atomic E-state index is 13.3. The standard InChI is InChI=1S/C28H29N3OS2/c1-19-11-14-30(15-12-19)26-23(17-22-10-6-7-20(2)25(22)29-26)18-24-27(32)31(28(33)34-24)16-13-21-8-4-3-5-9-21/h3-10,17-19H,11-16H2,1-2H3/b24-18-. The summed E-state index contributed by atoms with van der Waals surface area (Å²) < 4.78 is 0.630. The normalized spacial score (nSPS) is 18.5. The van der Waals surface area contributed by atoms with Gasteiger partial charge in [-0.25, -0.2) is 4.98 Å². The van der Waals surface area contributed by atoms with Crippen LogP contribution in [0.1, 0.15) is 36.5 Å². The zero-order valence-corrected chi connectivity index (χ0v) is 21.3. The first-order chi connectivity index (χ1) is 16.5. The number of carbonyl (C=O) groups excluding carboxylic acids is 1. The lowest BCUT2D eigenvalue weighted by atomic mass is 9.98. The number of piperidine rings is 1. The summed E-state index contributed by atoms with van der Waals surface area (Å²) in [5.74, 6) is 1.71. The second kappa shape index (κ2) is 9.88. The highest BCUT2D eigenvalue weighted by Crippen LogP contribution is 2.36. The predicted octanol–water partition coefficient (Wildman–Crippen LogP) is 6.22. The number of hydrogen-bond donors (Lipinski definition) is 0. The van der Waals surface area contributed by atoms with Crippen LogP contribution in [0.3, 0.4) is 0 Å². The second-order valence-electron chi connectivity index (χ2n) is 9.29. The molecule has 6 heteroatoms. The van der Waals surface area contributed by atoms with Crippen LogP contribution < -0.4 is 4.90 Å². The maximum Gasteiger partial charge on any atom is 0.266 e. The fourth-order valence-electron chi connectivity index (χ4n) is 4.65. The molecule has 0 atom stereocenters. The molecule has 34 heavy (non-hydrogen) atoms. The van der Waals surface area contributed by atoms with E-state index in [2.05, 4.69) is 55.1 Å². The summed E-state index contributed by atoms with van der Waals surface area (Å²) in [5, 5.41) is 1.10. The average Bonchev–Trinajstić information content (AvgIpc) is 3.11. The van der Waals surface area contributed by atoms with Gasteiger partial charge in [-0.1, -0.05) is 79.4 Å². The van der Waals surface area contributed by atoms with Crippen LogP contribution in [0.15, 0.2) is 59.5 Å². The van der Waals surface area contributed by atoms with E-state index in [4.69, 9.17) is 17.2 Å². The van der Waals surface area contributed by atoms with Crippen molar-refractivity contribution in [2.45, 2.75) is 33.1 Å². The van der Waals surface area contributed by atoms with E-state index in [1.165, 1.54) is 22.9 Å². The highest BCUT2D eigenvalue weighted by Gasteiger charge is 2.32. The van der Waals surface area contributed by atoms with Gasteiger partial charge in [-0.05, 0) is 55.4 Å². The predicted molar refractivity (Wildman–Crippen MR) is 147 cm³/mol. The third-order valence-corrected chi connectivity index (χ3v) is 8.14. The SMILES string of the molecule is Cc1cccc2cc(/C=C3\SC(=S)N(CCc4ccccc4)C3=O)c(N3CCC(C)CC3)nc12. The Balaban J connectivity index is 1.47. The van der Waals surface area contributed by atoms with Crippen LogP contribution in [0.25, 0.3) is 17.0 Å².